The average Bonchev–Trinajstić information content (AvgIpc) is 3.17. The quantitative estimate of drug-likeness (QED) is 0.0424. The van der Waals surface area contributed by atoms with Crippen molar-refractivity contribution in [3.63, 3.8) is 0 Å². The lowest BCUT2D eigenvalue weighted by atomic mass is 9.92. The minimum atomic E-state index is -1.64. The molecule has 0 spiro atoms. The monoisotopic (exact) mass is 821 g/mol. The highest BCUT2D eigenvalue weighted by atomic mass is 16.8. The predicted octanol–water partition coefficient (Wildman–Crippen LogP) is 0.429. The van der Waals surface area contributed by atoms with Gasteiger partial charge in [-0.15, -0.1) is 0 Å². The number of allylic oxidation sites excluding steroid dienone is 1. The topological polar surface area (TPSA) is 256 Å². The van der Waals surface area contributed by atoms with E-state index in [0.29, 0.717) is 0 Å². The lowest BCUT2D eigenvalue weighted by Crippen LogP contribution is -2.69. The normalized spacial score (nSPS) is 36.7. The highest BCUT2D eigenvalue weighted by Gasteiger charge is 2.56. The zero-order valence-corrected chi connectivity index (χ0v) is 33.7. The molecule has 5 unspecified atom stereocenters. The molecule has 332 valence electrons. The van der Waals surface area contributed by atoms with Gasteiger partial charge in [0.25, 0.3) is 0 Å². The zero-order valence-electron chi connectivity index (χ0n) is 33.7. The summed E-state index contributed by atoms with van der Waals surface area (Å²) < 4.78 is 41.0. The van der Waals surface area contributed by atoms with Crippen molar-refractivity contribution in [2.75, 3.05) is 26.4 Å². The molecule has 1 amide bonds. The molecule has 4 heterocycles. The Kier molecular flexibility index (Phi) is 21.5. The lowest BCUT2D eigenvalue weighted by Gasteiger charge is -2.52. The van der Waals surface area contributed by atoms with E-state index < -0.39 is 117 Å². The number of aliphatic hydroxyl groups excluding tert-OH is 8. The summed E-state index contributed by atoms with van der Waals surface area (Å²) in [4.78, 5) is 11.8. The van der Waals surface area contributed by atoms with Gasteiger partial charge in [0.2, 0.25) is 5.91 Å². The van der Waals surface area contributed by atoms with Crippen molar-refractivity contribution in [2.24, 2.45) is 0 Å². The van der Waals surface area contributed by atoms with E-state index >= 15 is 0 Å². The number of carbonyl (C=O) groups is 1. The molecule has 17 heteroatoms. The molecular weight excluding hydrogens is 750 g/mol. The van der Waals surface area contributed by atoms with E-state index in [0.717, 1.165) is 19.3 Å². The van der Waals surface area contributed by atoms with Crippen LogP contribution in [0.25, 0.3) is 0 Å². The van der Waals surface area contributed by atoms with Gasteiger partial charge in [-0.2, -0.15) is 0 Å². The molecule has 0 aromatic heterocycles. The van der Waals surface area contributed by atoms with E-state index in [9.17, 15) is 45.6 Å². The van der Waals surface area contributed by atoms with Crippen molar-refractivity contribution < 1.29 is 78.8 Å². The third-order valence-electron chi connectivity index (χ3n) is 11.2. The number of nitrogens with one attached hydrogen (secondary N) is 1. The molecule has 9 N–H and O–H groups in total. The Hall–Kier alpha value is -1.39. The number of amides is 1. The zero-order chi connectivity index (χ0) is 41.3. The summed E-state index contributed by atoms with van der Waals surface area (Å²) in [5.74, 6) is -0.430. The molecule has 0 bridgehead atoms. The largest absolute Gasteiger partial charge is 0.394 e. The molecule has 0 aromatic rings. The smallest absolute Gasteiger partial charge is 0.217 e. The van der Waals surface area contributed by atoms with Gasteiger partial charge in [0, 0.05) is 26.2 Å². The van der Waals surface area contributed by atoms with Gasteiger partial charge < -0.3 is 79.3 Å². The molecule has 0 radical (unpaired) electrons. The third-order valence-corrected chi connectivity index (χ3v) is 11.2. The first kappa shape index (κ1) is 48.3. The van der Waals surface area contributed by atoms with Crippen molar-refractivity contribution in [1.82, 2.24) is 5.32 Å². The van der Waals surface area contributed by atoms with Gasteiger partial charge in [-0.05, 0) is 12.8 Å². The van der Waals surface area contributed by atoms with Gasteiger partial charge in [-0.25, -0.2) is 0 Å². The molecule has 4 aliphatic rings. The maximum Gasteiger partial charge on any atom is 0.217 e. The maximum absolute atomic E-state index is 11.8. The van der Waals surface area contributed by atoms with Gasteiger partial charge in [-0.1, -0.05) is 83.3 Å². The summed E-state index contributed by atoms with van der Waals surface area (Å²) >= 11 is 0. The van der Waals surface area contributed by atoms with Crippen LogP contribution in [-0.4, -0.2) is 171 Å². The Morgan fingerprint density at radius 1 is 0.825 bits per heavy atom. The second kappa shape index (κ2) is 25.4. The van der Waals surface area contributed by atoms with Crippen LogP contribution in [-0.2, 0) is 38.0 Å². The Balaban J connectivity index is 1.21. The van der Waals surface area contributed by atoms with Crippen LogP contribution in [0.2, 0.25) is 0 Å². The van der Waals surface area contributed by atoms with Crippen LogP contribution in [0.5, 0.6) is 0 Å². The standard InChI is InChI=1S/C40H71NO16/c1-3-4-5-6-7-8-9-10-11-12-13-14-15-16-25(45)17-18-51-39-34(49)33(48)36(29(22-43)54-39)57-40-35(50)38(37-30(55-40)23-52-37)56-31-20-27(47)32(41-24(2)44)28(53-31)19-26(46)21-42/h15-16,25-40,42-43,45-50H,3-14,17-23H2,1-2H3,(H,41,44)/b16-15+/t25-,26+,27-,28?,29?,30?,31-,32-,33?,34+,35+,36-,37+,38?,39-,40+/m1/s1. The number of unbranched alkanes of at least 4 members (excludes halogenated alkanes) is 11. The van der Waals surface area contributed by atoms with Crippen molar-refractivity contribution >= 4 is 5.91 Å². The third kappa shape index (κ3) is 14.9. The summed E-state index contributed by atoms with van der Waals surface area (Å²) in [6.07, 6.45) is 0.642. The summed E-state index contributed by atoms with van der Waals surface area (Å²) in [7, 11) is 0. The number of hydrogen-bond donors (Lipinski definition) is 9. The highest BCUT2D eigenvalue weighted by Crippen LogP contribution is 2.37. The number of hydrogen-bond acceptors (Lipinski definition) is 16. The molecule has 0 aromatic carbocycles. The second-order valence-electron chi connectivity index (χ2n) is 15.9. The van der Waals surface area contributed by atoms with Crippen LogP contribution >= 0.6 is 0 Å². The Morgan fingerprint density at radius 3 is 2.12 bits per heavy atom. The van der Waals surface area contributed by atoms with Gasteiger partial charge in [-0.3, -0.25) is 4.79 Å². The van der Waals surface area contributed by atoms with Crippen molar-refractivity contribution in [2.45, 2.75) is 208 Å². The first-order valence-electron chi connectivity index (χ1n) is 21.2. The van der Waals surface area contributed by atoms with Crippen molar-refractivity contribution in [3.8, 4) is 0 Å². The molecule has 4 aliphatic heterocycles. The molecule has 0 aliphatic carbocycles. The predicted molar refractivity (Wildman–Crippen MR) is 203 cm³/mol. The Labute approximate surface area is 336 Å². The first-order valence-corrected chi connectivity index (χ1v) is 21.2. The lowest BCUT2D eigenvalue weighted by molar-refractivity contribution is -0.397. The maximum atomic E-state index is 11.8. The highest BCUT2D eigenvalue weighted by molar-refractivity contribution is 5.73. The number of carbonyl (C=O) groups excluding carboxylic acids is 1. The van der Waals surface area contributed by atoms with E-state index in [1.807, 2.05) is 6.08 Å². The summed E-state index contributed by atoms with van der Waals surface area (Å²) in [5, 5.41) is 86.9. The van der Waals surface area contributed by atoms with Crippen LogP contribution in [0.1, 0.15) is 110 Å². The van der Waals surface area contributed by atoms with E-state index in [-0.39, 0.29) is 32.5 Å². The second-order valence-corrected chi connectivity index (χ2v) is 15.9. The van der Waals surface area contributed by atoms with E-state index in [2.05, 4.69) is 12.2 Å². The molecule has 57 heavy (non-hydrogen) atoms. The number of ether oxygens (including phenoxy) is 7. The fourth-order valence-electron chi connectivity index (χ4n) is 7.83. The summed E-state index contributed by atoms with van der Waals surface area (Å²) in [6, 6.07) is -0.898. The number of rotatable bonds is 26. The van der Waals surface area contributed by atoms with E-state index in [1.165, 1.54) is 64.7 Å². The first-order chi connectivity index (χ1) is 27.5. The van der Waals surface area contributed by atoms with Crippen LogP contribution < -0.4 is 5.32 Å². The molecular formula is C40H71NO16. The van der Waals surface area contributed by atoms with Crippen LogP contribution in [0.15, 0.2) is 12.2 Å². The SMILES string of the molecule is CCCCCCCCCCCCC/C=C/[C@@H](O)CCO[C@@H]1OC(CO)[C@@H](O[C@@H]2OC3CO[C@@H]3C(O[C@@H]3C[C@@H](O)[C@@H](NC(C)=O)C(C[C@H](O)CO)O3)[C@@H]2O)C(O)[C@@H]1O. The summed E-state index contributed by atoms with van der Waals surface area (Å²) in [5.41, 5.74) is 0. The van der Waals surface area contributed by atoms with Crippen LogP contribution in [0, 0.1) is 0 Å². The molecule has 16 atom stereocenters. The van der Waals surface area contributed by atoms with Crippen LogP contribution in [0.3, 0.4) is 0 Å². The number of aliphatic hydroxyl groups is 8. The molecule has 17 nitrogen and oxygen atoms in total. The van der Waals surface area contributed by atoms with E-state index in [4.69, 9.17) is 33.2 Å². The fourth-order valence-corrected chi connectivity index (χ4v) is 7.83. The minimum Gasteiger partial charge on any atom is -0.394 e. The van der Waals surface area contributed by atoms with Crippen LogP contribution in [0.4, 0.5) is 0 Å². The average molecular weight is 822 g/mol. The van der Waals surface area contributed by atoms with Crippen molar-refractivity contribution in [1.29, 1.82) is 0 Å². The summed E-state index contributed by atoms with van der Waals surface area (Å²) in [6.45, 7) is 2.43. The van der Waals surface area contributed by atoms with E-state index in [1.54, 1.807) is 6.08 Å². The Bertz CT molecular complexity index is 1150. The molecule has 4 fully saturated rings. The number of fused-ring (bicyclic) bond motifs is 1. The van der Waals surface area contributed by atoms with Gasteiger partial charge >= 0.3 is 0 Å². The van der Waals surface area contributed by atoms with Gasteiger partial charge in [0.05, 0.1) is 56.9 Å². The molecule has 0 saturated carbocycles. The van der Waals surface area contributed by atoms with Gasteiger partial charge in [0.15, 0.2) is 18.9 Å². The Morgan fingerprint density at radius 2 is 1.51 bits per heavy atom. The molecule has 4 saturated heterocycles. The fraction of sp³-hybridized carbons (Fsp3) is 0.925. The van der Waals surface area contributed by atoms with Crippen molar-refractivity contribution in [3.05, 3.63) is 12.2 Å². The molecule has 4 rings (SSSR count). The minimum absolute atomic E-state index is 0.00206. The van der Waals surface area contributed by atoms with Gasteiger partial charge in [0.1, 0.15) is 48.8 Å².